The molecule has 0 aromatic heterocycles. The van der Waals surface area contributed by atoms with Crippen LogP contribution in [0.25, 0.3) is 0 Å². The minimum atomic E-state index is -4.83. The summed E-state index contributed by atoms with van der Waals surface area (Å²) in [5.41, 5.74) is -1.39. The normalized spacial score (nSPS) is 22.1. The molecule has 0 spiro atoms. The third-order valence-electron chi connectivity index (χ3n) is 3.84. The van der Waals surface area contributed by atoms with Gasteiger partial charge in [0, 0.05) is 13.1 Å². The Hall–Kier alpha value is -2.23. The summed E-state index contributed by atoms with van der Waals surface area (Å²) in [6, 6.07) is 6.74. The van der Waals surface area contributed by atoms with Gasteiger partial charge in [-0.2, -0.15) is 18.4 Å². The van der Waals surface area contributed by atoms with E-state index < -0.39 is 30.5 Å². The smallest absolute Gasteiger partial charge is 0.406 e. The average molecular weight is 298 g/mol. The summed E-state index contributed by atoms with van der Waals surface area (Å²) in [5.74, 6) is -1.87. The SMILES string of the molecule is Cc1ccc(C#N)c(N2CCC(C(=O)O)(C(F)(F)F)C2)c1. The molecule has 1 fully saturated rings. The fraction of sp³-hybridized carbons (Fsp3) is 0.429. The molecular weight excluding hydrogens is 285 g/mol. The lowest BCUT2D eigenvalue weighted by molar-refractivity contribution is -0.225. The van der Waals surface area contributed by atoms with Gasteiger partial charge in [-0.3, -0.25) is 4.79 Å². The Labute approximate surface area is 119 Å². The molecule has 112 valence electrons. The lowest BCUT2D eigenvalue weighted by atomic mass is 9.86. The molecule has 1 aliphatic rings. The van der Waals surface area contributed by atoms with Gasteiger partial charge in [0.2, 0.25) is 0 Å². The van der Waals surface area contributed by atoms with Crippen LogP contribution < -0.4 is 4.90 Å². The van der Waals surface area contributed by atoms with Gasteiger partial charge in [-0.1, -0.05) is 6.07 Å². The minimum Gasteiger partial charge on any atom is -0.481 e. The molecule has 0 saturated carbocycles. The molecule has 21 heavy (non-hydrogen) atoms. The molecule has 1 unspecified atom stereocenters. The van der Waals surface area contributed by atoms with Crippen LogP contribution in [0, 0.1) is 23.7 Å². The fourth-order valence-corrected chi connectivity index (χ4v) is 2.54. The molecule has 0 bridgehead atoms. The second-order valence-corrected chi connectivity index (χ2v) is 5.19. The van der Waals surface area contributed by atoms with Crippen molar-refractivity contribution >= 4 is 11.7 Å². The zero-order chi connectivity index (χ0) is 15.8. The van der Waals surface area contributed by atoms with Gasteiger partial charge in [-0.15, -0.1) is 0 Å². The number of hydrogen-bond donors (Lipinski definition) is 1. The molecule has 2 rings (SSSR count). The van der Waals surface area contributed by atoms with Crippen LogP contribution in [0.4, 0.5) is 18.9 Å². The van der Waals surface area contributed by atoms with Gasteiger partial charge in [0.05, 0.1) is 11.3 Å². The predicted octanol–water partition coefficient (Wildman–Crippen LogP) is 2.71. The first kappa shape index (κ1) is 15.2. The molecule has 1 N–H and O–H groups in total. The Morgan fingerprint density at radius 2 is 2.14 bits per heavy atom. The Morgan fingerprint density at radius 1 is 1.48 bits per heavy atom. The predicted molar refractivity (Wildman–Crippen MR) is 68.8 cm³/mol. The summed E-state index contributed by atoms with van der Waals surface area (Å²) < 4.78 is 39.4. The highest BCUT2D eigenvalue weighted by Gasteiger charge is 2.63. The first-order valence-electron chi connectivity index (χ1n) is 6.27. The number of carboxylic acid groups (broad SMARTS) is 1. The molecule has 7 heteroatoms. The van der Waals surface area contributed by atoms with E-state index in [1.807, 2.05) is 6.07 Å². The molecule has 1 aliphatic heterocycles. The number of halogens is 3. The van der Waals surface area contributed by atoms with E-state index >= 15 is 0 Å². The van der Waals surface area contributed by atoms with Crippen LogP contribution in [-0.4, -0.2) is 30.3 Å². The molecule has 1 heterocycles. The van der Waals surface area contributed by atoms with Crippen LogP contribution in [0.2, 0.25) is 0 Å². The van der Waals surface area contributed by atoms with Gasteiger partial charge in [0.1, 0.15) is 6.07 Å². The lowest BCUT2D eigenvalue weighted by Crippen LogP contribution is -2.47. The maximum absolute atomic E-state index is 13.1. The third-order valence-corrected chi connectivity index (χ3v) is 3.84. The van der Waals surface area contributed by atoms with E-state index in [-0.39, 0.29) is 12.1 Å². The quantitative estimate of drug-likeness (QED) is 0.911. The fourth-order valence-electron chi connectivity index (χ4n) is 2.54. The van der Waals surface area contributed by atoms with Crippen LogP contribution in [0.5, 0.6) is 0 Å². The third kappa shape index (κ3) is 2.42. The number of rotatable bonds is 2. The van der Waals surface area contributed by atoms with Gasteiger partial charge >= 0.3 is 12.1 Å². The molecule has 0 radical (unpaired) electrons. The highest BCUT2D eigenvalue weighted by atomic mass is 19.4. The van der Waals surface area contributed by atoms with Crippen LogP contribution in [0.15, 0.2) is 18.2 Å². The topological polar surface area (TPSA) is 64.3 Å². The number of alkyl halides is 3. The molecule has 1 atom stereocenters. The van der Waals surface area contributed by atoms with Gasteiger partial charge < -0.3 is 10.0 Å². The van der Waals surface area contributed by atoms with Crippen LogP contribution >= 0.6 is 0 Å². The van der Waals surface area contributed by atoms with Crippen molar-refractivity contribution in [2.45, 2.75) is 19.5 Å². The van der Waals surface area contributed by atoms with Crippen LogP contribution in [-0.2, 0) is 4.79 Å². The van der Waals surface area contributed by atoms with Crippen molar-refractivity contribution in [1.29, 1.82) is 5.26 Å². The first-order chi connectivity index (χ1) is 9.71. The Morgan fingerprint density at radius 3 is 2.62 bits per heavy atom. The summed E-state index contributed by atoms with van der Waals surface area (Å²) in [6.45, 7) is 1.03. The number of aryl methyl sites for hydroxylation is 1. The Bertz CT molecular complexity index is 622. The number of carboxylic acids is 1. The van der Waals surface area contributed by atoms with E-state index in [0.29, 0.717) is 5.69 Å². The number of carbonyl (C=O) groups is 1. The van der Waals surface area contributed by atoms with Crippen molar-refractivity contribution in [2.24, 2.45) is 5.41 Å². The van der Waals surface area contributed by atoms with Crippen molar-refractivity contribution < 1.29 is 23.1 Å². The van der Waals surface area contributed by atoms with Crippen molar-refractivity contribution in [1.82, 2.24) is 0 Å². The van der Waals surface area contributed by atoms with Crippen LogP contribution in [0.1, 0.15) is 17.5 Å². The molecule has 1 aromatic rings. The maximum atomic E-state index is 13.1. The highest BCUT2D eigenvalue weighted by Crippen LogP contribution is 2.47. The van der Waals surface area contributed by atoms with E-state index in [1.54, 1.807) is 19.1 Å². The maximum Gasteiger partial charge on any atom is 0.406 e. The minimum absolute atomic E-state index is 0.0516. The van der Waals surface area contributed by atoms with E-state index in [1.165, 1.54) is 11.0 Å². The van der Waals surface area contributed by atoms with Crippen molar-refractivity contribution in [3.05, 3.63) is 29.3 Å². The Kier molecular flexibility index (Phi) is 3.58. The van der Waals surface area contributed by atoms with Crippen molar-refractivity contribution in [2.75, 3.05) is 18.0 Å². The molecule has 1 saturated heterocycles. The number of hydrogen-bond acceptors (Lipinski definition) is 3. The molecule has 0 amide bonds. The number of benzene rings is 1. The van der Waals surface area contributed by atoms with E-state index in [4.69, 9.17) is 10.4 Å². The molecule has 4 nitrogen and oxygen atoms in total. The Balaban J connectivity index is 2.41. The molecular formula is C14H13F3N2O2. The summed E-state index contributed by atoms with van der Waals surface area (Å²) in [4.78, 5) is 12.5. The zero-order valence-corrected chi connectivity index (χ0v) is 11.2. The second kappa shape index (κ2) is 4.95. The first-order valence-corrected chi connectivity index (χ1v) is 6.27. The number of anilines is 1. The van der Waals surface area contributed by atoms with Gasteiger partial charge in [0.15, 0.2) is 5.41 Å². The van der Waals surface area contributed by atoms with Gasteiger partial charge in [-0.25, -0.2) is 0 Å². The summed E-state index contributed by atoms with van der Waals surface area (Å²) in [6.07, 6.45) is -5.35. The van der Waals surface area contributed by atoms with E-state index in [0.717, 1.165) is 5.56 Å². The highest BCUT2D eigenvalue weighted by molar-refractivity contribution is 5.78. The molecule has 1 aromatic carbocycles. The zero-order valence-electron chi connectivity index (χ0n) is 11.2. The summed E-state index contributed by atoms with van der Waals surface area (Å²) >= 11 is 0. The largest absolute Gasteiger partial charge is 0.481 e. The molecule has 0 aliphatic carbocycles. The van der Waals surface area contributed by atoms with Crippen LogP contribution in [0.3, 0.4) is 0 Å². The van der Waals surface area contributed by atoms with Crippen molar-refractivity contribution in [3.63, 3.8) is 0 Å². The second-order valence-electron chi connectivity index (χ2n) is 5.19. The number of aliphatic carboxylic acids is 1. The van der Waals surface area contributed by atoms with Crippen molar-refractivity contribution in [3.8, 4) is 6.07 Å². The van der Waals surface area contributed by atoms with E-state index in [9.17, 15) is 18.0 Å². The monoisotopic (exact) mass is 298 g/mol. The van der Waals surface area contributed by atoms with Gasteiger partial charge in [-0.05, 0) is 31.0 Å². The lowest BCUT2D eigenvalue weighted by Gasteiger charge is -2.28. The summed E-state index contributed by atoms with van der Waals surface area (Å²) in [5, 5.41) is 18.1. The number of nitriles is 1. The van der Waals surface area contributed by atoms with Gasteiger partial charge in [0.25, 0.3) is 0 Å². The summed E-state index contributed by atoms with van der Waals surface area (Å²) in [7, 11) is 0. The average Bonchev–Trinajstić information content (AvgIpc) is 2.84. The van der Waals surface area contributed by atoms with E-state index in [2.05, 4.69) is 0 Å². The number of nitrogens with zero attached hydrogens (tertiary/aromatic N) is 2. The standard InChI is InChI=1S/C14H13F3N2O2/c1-9-2-3-10(7-18)11(6-9)19-5-4-13(8-19,12(20)21)14(15,16)17/h2-3,6H,4-5,8H2,1H3,(H,20,21).